The zero-order valence-corrected chi connectivity index (χ0v) is 12.4. The predicted octanol–water partition coefficient (Wildman–Crippen LogP) is 3.73. The molecule has 1 aromatic carbocycles. The van der Waals surface area contributed by atoms with E-state index in [9.17, 15) is 4.79 Å². The summed E-state index contributed by atoms with van der Waals surface area (Å²) in [6, 6.07) is 9.53. The SMILES string of the molecule is N#Cc1ccc(CC(=O)C2CC3CCCC(C2)S3)cc1. The van der Waals surface area contributed by atoms with Crippen molar-refractivity contribution in [1.29, 1.82) is 5.26 Å². The summed E-state index contributed by atoms with van der Waals surface area (Å²) in [5.41, 5.74) is 1.70. The summed E-state index contributed by atoms with van der Waals surface area (Å²) < 4.78 is 0. The number of hydrogen-bond acceptors (Lipinski definition) is 3. The molecule has 2 heterocycles. The van der Waals surface area contributed by atoms with Crippen LogP contribution in [0.25, 0.3) is 0 Å². The largest absolute Gasteiger partial charge is 0.299 e. The van der Waals surface area contributed by atoms with E-state index in [-0.39, 0.29) is 5.92 Å². The van der Waals surface area contributed by atoms with Gasteiger partial charge in [-0.25, -0.2) is 0 Å². The molecule has 2 unspecified atom stereocenters. The molecule has 3 heteroatoms. The van der Waals surface area contributed by atoms with E-state index in [0.717, 1.165) is 28.9 Å². The lowest BCUT2D eigenvalue weighted by Crippen LogP contribution is -2.33. The first kappa shape index (κ1) is 13.7. The number of nitriles is 1. The van der Waals surface area contributed by atoms with Gasteiger partial charge in [0.2, 0.25) is 0 Å². The summed E-state index contributed by atoms with van der Waals surface area (Å²) in [6.45, 7) is 0. The van der Waals surface area contributed by atoms with Crippen LogP contribution in [-0.2, 0) is 11.2 Å². The molecule has 2 fully saturated rings. The number of rotatable bonds is 3. The van der Waals surface area contributed by atoms with Crippen molar-refractivity contribution in [3.8, 4) is 6.07 Å². The Hall–Kier alpha value is -1.27. The molecule has 20 heavy (non-hydrogen) atoms. The monoisotopic (exact) mass is 285 g/mol. The quantitative estimate of drug-likeness (QED) is 0.849. The highest BCUT2D eigenvalue weighted by Gasteiger charge is 2.35. The van der Waals surface area contributed by atoms with Crippen LogP contribution in [-0.4, -0.2) is 16.3 Å². The topological polar surface area (TPSA) is 40.9 Å². The van der Waals surface area contributed by atoms with Crippen LogP contribution in [0.2, 0.25) is 0 Å². The van der Waals surface area contributed by atoms with Crippen molar-refractivity contribution < 1.29 is 4.79 Å². The Morgan fingerprint density at radius 2 is 1.85 bits per heavy atom. The minimum Gasteiger partial charge on any atom is -0.299 e. The van der Waals surface area contributed by atoms with Crippen LogP contribution >= 0.6 is 11.8 Å². The molecule has 1 aromatic rings. The lowest BCUT2D eigenvalue weighted by atomic mass is 9.85. The van der Waals surface area contributed by atoms with Gasteiger partial charge in [-0.15, -0.1) is 0 Å². The third-order valence-electron chi connectivity index (χ3n) is 4.45. The van der Waals surface area contributed by atoms with Crippen molar-refractivity contribution >= 4 is 17.5 Å². The number of nitrogens with zero attached hydrogens (tertiary/aromatic N) is 1. The van der Waals surface area contributed by atoms with Gasteiger partial charge in [-0.2, -0.15) is 17.0 Å². The molecule has 104 valence electrons. The Balaban J connectivity index is 1.62. The zero-order valence-electron chi connectivity index (χ0n) is 11.5. The molecule has 2 atom stereocenters. The summed E-state index contributed by atoms with van der Waals surface area (Å²) in [5.74, 6) is 0.661. The van der Waals surface area contributed by atoms with Crippen LogP contribution in [0.1, 0.15) is 43.2 Å². The van der Waals surface area contributed by atoms with Gasteiger partial charge in [0.25, 0.3) is 0 Å². The highest BCUT2D eigenvalue weighted by molar-refractivity contribution is 8.00. The van der Waals surface area contributed by atoms with Gasteiger partial charge in [-0.3, -0.25) is 4.79 Å². The van der Waals surface area contributed by atoms with Crippen LogP contribution in [0.15, 0.2) is 24.3 Å². The van der Waals surface area contributed by atoms with Gasteiger partial charge in [0.15, 0.2) is 0 Å². The van der Waals surface area contributed by atoms with Gasteiger partial charge in [0.1, 0.15) is 5.78 Å². The fourth-order valence-corrected chi connectivity index (χ4v) is 5.20. The molecule has 2 saturated heterocycles. The Morgan fingerprint density at radius 1 is 1.20 bits per heavy atom. The Morgan fingerprint density at radius 3 is 2.45 bits per heavy atom. The fraction of sp³-hybridized carbons (Fsp3) is 0.529. The molecule has 0 amide bonds. The molecule has 2 bridgehead atoms. The maximum absolute atomic E-state index is 12.5. The Labute approximate surface area is 124 Å². The lowest BCUT2D eigenvalue weighted by Gasteiger charge is -2.38. The summed E-state index contributed by atoms with van der Waals surface area (Å²) >= 11 is 2.12. The van der Waals surface area contributed by atoms with Gasteiger partial charge < -0.3 is 0 Å². The van der Waals surface area contributed by atoms with Crippen molar-refractivity contribution in [2.45, 2.75) is 49.0 Å². The summed E-state index contributed by atoms with van der Waals surface area (Å²) in [6.07, 6.45) is 6.62. The number of ketones is 1. The zero-order chi connectivity index (χ0) is 13.9. The van der Waals surface area contributed by atoms with Crippen LogP contribution in [0, 0.1) is 17.2 Å². The van der Waals surface area contributed by atoms with E-state index in [1.807, 2.05) is 12.1 Å². The molecule has 0 saturated carbocycles. The van der Waals surface area contributed by atoms with Gasteiger partial charge in [-0.1, -0.05) is 18.6 Å². The van der Waals surface area contributed by atoms with Crippen LogP contribution < -0.4 is 0 Å². The number of benzene rings is 1. The molecule has 2 aliphatic rings. The first-order valence-corrected chi connectivity index (χ1v) is 8.36. The Bertz CT molecular complexity index is 519. The highest BCUT2D eigenvalue weighted by atomic mass is 32.2. The second kappa shape index (κ2) is 6.01. The van der Waals surface area contributed by atoms with E-state index in [2.05, 4.69) is 17.8 Å². The molecule has 0 spiro atoms. The van der Waals surface area contributed by atoms with E-state index >= 15 is 0 Å². The molecule has 0 N–H and O–H groups in total. The number of carbonyl (C=O) groups excluding carboxylic acids is 1. The average molecular weight is 285 g/mol. The molecular weight excluding hydrogens is 266 g/mol. The summed E-state index contributed by atoms with van der Waals surface area (Å²) in [7, 11) is 0. The van der Waals surface area contributed by atoms with Crippen LogP contribution in [0.5, 0.6) is 0 Å². The second-order valence-corrected chi connectivity index (χ2v) is 7.54. The Kier molecular flexibility index (Phi) is 4.12. The lowest BCUT2D eigenvalue weighted by molar-refractivity contribution is -0.122. The first-order valence-electron chi connectivity index (χ1n) is 7.42. The van der Waals surface area contributed by atoms with E-state index < -0.39 is 0 Å². The predicted molar refractivity (Wildman–Crippen MR) is 81.6 cm³/mol. The number of fused-ring (bicyclic) bond motifs is 2. The maximum atomic E-state index is 12.5. The third kappa shape index (κ3) is 3.07. The van der Waals surface area contributed by atoms with Gasteiger partial charge in [0, 0.05) is 22.8 Å². The normalized spacial score (nSPS) is 28.6. The molecular formula is C17H19NOS. The van der Waals surface area contributed by atoms with Gasteiger partial charge in [0.05, 0.1) is 11.6 Å². The molecule has 0 aromatic heterocycles. The second-order valence-electron chi connectivity index (χ2n) is 5.93. The minimum absolute atomic E-state index is 0.266. The van der Waals surface area contributed by atoms with Gasteiger partial charge >= 0.3 is 0 Å². The molecule has 2 aliphatic heterocycles. The standard InChI is InChI=1S/C17H19NOS/c18-11-13-6-4-12(5-7-13)8-17(19)14-9-15-2-1-3-16(10-14)20-15/h4-7,14-16H,1-3,8-10H2. The van der Waals surface area contributed by atoms with Crippen molar-refractivity contribution in [3.05, 3.63) is 35.4 Å². The van der Waals surface area contributed by atoms with Crippen molar-refractivity contribution in [3.63, 3.8) is 0 Å². The van der Waals surface area contributed by atoms with E-state index in [1.54, 1.807) is 12.1 Å². The van der Waals surface area contributed by atoms with Crippen molar-refractivity contribution in [2.75, 3.05) is 0 Å². The van der Waals surface area contributed by atoms with Gasteiger partial charge in [-0.05, 0) is 43.4 Å². The summed E-state index contributed by atoms with van der Waals surface area (Å²) in [5, 5.41) is 10.2. The van der Waals surface area contributed by atoms with Crippen LogP contribution in [0.4, 0.5) is 0 Å². The molecule has 0 radical (unpaired) electrons. The van der Waals surface area contributed by atoms with E-state index in [0.29, 0.717) is 17.8 Å². The number of hydrogen-bond donors (Lipinski definition) is 0. The maximum Gasteiger partial charge on any atom is 0.140 e. The minimum atomic E-state index is 0.266. The average Bonchev–Trinajstić information content (AvgIpc) is 2.47. The van der Waals surface area contributed by atoms with Crippen molar-refractivity contribution in [1.82, 2.24) is 0 Å². The van der Waals surface area contributed by atoms with E-state index in [4.69, 9.17) is 5.26 Å². The number of carbonyl (C=O) groups is 1. The third-order valence-corrected chi connectivity index (χ3v) is 6.07. The highest BCUT2D eigenvalue weighted by Crippen LogP contribution is 2.44. The fourth-order valence-electron chi connectivity index (χ4n) is 3.36. The molecule has 2 nitrogen and oxygen atoms in total. The van der Waals surface area contributed by atoms with Crippen molar-refractivity contribution in [2.24, 2.45) is 5.92 Å². The smallest absolute Gasteiger partial charge is 0.140 e. The van der Waals surface area contributed by atoms with E-state index in [1.165, 1.54) is 19.3 Å². The molecule has 0 aliphatic carbocycles. The molecule has 3 rings (SSSR count). The number of Topliss-reactive ketones (excluding diaryl/α,β-unsaturated/α-hetero) is 1. The van der Waals surface area contributed by atoms with Crippen LogP contribution in [0.3, 0.4) is 0 Å². The summed E-state index contributed by atoms with van der Waals surface area (Å²) in [4.78, 5) is 12.5. The first-order chi connectivity index (χ1) is 9.74. The number of thioether (sulfide) groups is 1.